The third kappa shape index (κ3) is 4.62. The molecule has 4 heteroatoms. The quantitative estimate of drug-likeness (QED) is 0.853. The van der Waals surface area contributed by atoms with Gasteiger partial charge in [0.05, 0.1) is 6.04 Å². The van der Waals surface area contributed by atoms with Crippen LogP contribution in [0.2, 0.25) is 0 Å². The lowest BCUT2D eigenvalue weighted by atomic mass is 10.1. The summed E-state index contributed by atoms with van der Waals surface area (Å²) in [5.74, 6) is 0. The van der Waals surface area contributed by atoms with Crippen molar-refractivity contribution in [2.24, 2.45) is 0 Å². The zero-order valence-electron chi connectivity index (χ0n) is 10.8. The molecule has 0 heterocycles. The summed E-state index contributed by atoms with van der Waals surface area (Å²) in [6.45, 7) is 8.02. The molecule has 0 unspecified atom stereocenters. The molecule has 0 aromatic heterocycles. The van der Waals surface area contributed by atoms with Crippen LogP contribution in [-0.4, -0.2) is 9.30 Å². The monoisotopic (exact) mass is 317 g/mol. The number of hydrogen-bond acceptors (Lipinski definition) is 2. The Morgan fingerprint density at radius 1 is 1.41 bits per heavy atom. The molecule has 0 fully saturated rings. The molecule has 2 atom stereocenters. The highest BCUT2D eigenvalue weighted by Gasteiger charge is 2.29. The van der Waals surface area contributed by atoms with Crippen LogP contribution in [0, 0.1) is 0 Å². The van der Waals surface area contributed by atoms with Gasteiger partial charge in [-0.1, -0.05) is 35.0 Å². The molecule has 0 bridgehead atoms. The Balaban J connectivity index is 2.79. The van der Waals surface area contributed by atoms with Crippen LogP contribution < -0.4 is 4.72 Å². The van der Waals surface area contributed by atoms with E-state index in [1.54, 1.807) is 0 Å². The van der Waals surface area contributed by atoms with Gasteiger partial charge in [-0.05, 0) is 44.9 Å². The lowest BCUT2D eigenvalue weighted by molar-refractivity contribution is 0.518. The maximum absolute atomic E-state index is 12.1. The molecule has 1 N–H and O–H groups in total. The summed E-state index contributed by atoms with van der Waals surface area (Å²) in [6, 6.07) is 8.26. The Labute approximate surface area is 116 Å². The first-order valence-corrected chi connectivity index (χ1v) is 7.72. The minimum absolute atomic E-state index is 0.132. The van der Waals surface area contributed by atoms with Gasteiger partial charge >= 0.3 is 0 Å². The van der Waals surface area contributed by atoms with E-state index in [0.717, 1.165) is 10.9 Å². The minimum Gasteiger partial charge on any atom is -0.598 e. The van der Waals surface area contributed by atoms with Gasteiger partial charge in [0.15, 0.2) is 0 Å². The van der Waals surface area contributed by atoms with E-state index in [1.807, 2.05) is 32.9 Å². The summed E-state index contributed by atoms with van der Waals surface area (Å²) in [4.78, 5) is 0. The number of benzene rings is 1. The van der Waals surface area contributed by atoms with Gasteiger partial charge in [-0.2, -0.15) is 0 Å². The fourth-order valence-electron chi connectivity index (χ4n) is 1.42. The standard InChI is InChI=1S/C13H20BrNOS/c1-5-12(15-17(16)13(2,3)4)10-7-6-8-11(14)9-10/h6-9,12,15H,5H2,1-4H3/t12-,17-/m0/s1. The fourth-order valence-corrected chi connectivity index (χ4v) is 2.75. The number of nitrogens with one attached hydrogen (secondary N) is 1. The second kappa shape index (κ2) is 6.23. The lowest BCUT2D eigenvalue weighted by Crippen LogP contribution is -2.41. The van der Waals surface area contributed by atoms with Crippen LogP contribution in [0.4, 0.5) is 0 Å². The van der Waals surface area contributed by atoms with E-state index in [0.29, 0.717) is 0 Å². The van der Waals surface area contributed by atoms with Crippen molar-refractivity contribution >= 4 is 27.3 Å². The molecule has 96 valence electrons. The van der Waals surface area contributed by atoms with E-state index >= 15 is 0 Å². The molecule has 1 aromatic rings. The molecule has 1 aromatic carbocycles. The van der Waals surface area contributed by atoms with Gasteiger partial charge in [0.2, 0.25) is 0 Å². The van der Waals surface area contributed by atoms with Crippen LogP contribution >= 0.6 is 15.9 Å². The van der Waals surface area contributed by atoms with Crippen molar-refractivity contribution in [3.05, 3.63) is 34.3 Å². The summed E-state index contributed by atoms with van der Waals surface area (Å²) in [6.07, 6.45) is 0.915. The van der Waals surface area contributed by atoms with E-state index < -0.39 is 11.4 Å². The number of halogens is 1. The van der Waals surface area contributed by atoms with Crippen molar-refractivity contribution in [3.8, 4) is 0 Å². The zero-order chi connectivity index (χ0) is 13.1. The number of rotatable bonds is 4. The molecule has 0 radical (unpaired) electrons. The SMILES string of the molecule is CC[C@H](N[S@@+]([O-])C(C)(C)C)c1cccc(Br)c1. The maximum atomic E-state index is 12.1. The molecule has 0 aliphatic rings. The summed E-state index contributed by atoms with van der Waals surface area (Å²) in [7, 11) is 0. The van der Waals surface area contributed by atoms with Gasteiger partial charge in [0, 0.05) is 15.8 Å². The van der Waals surface area contributed by atoms with Crippen LogP contribution in [0.15, 0.2) is 28.7 Å². The number of hydrogen-bond donors (Lipinski definition) is 1. The van der Waals surface area contributed by atoms with Crippen LogP contribution in [0.5, 0.6) is 0 Å². The summed E-state index contributed by atoms with van der Waals surface area (Å²) in [5.41, 5.74) is 1.17. The lowest BCUT2D eigenvalue weighted by Gasteiger charge is -2.27. The molecule has 0 saturated heterocycles. The van der Waals surface area contributed by atoms with E-state index in [4.69, 9.17) is 0 Å². The van der Waals surface area contributed by atoms with E-state index in [2.05, 4.69) is 39.7 Å². The molecule has 0 saturated carbocycles. The third-order valence-corrected chi connectivity index (χ3v) is 4.57. The highest BCUT2D eigenvalue weighted by atomic mass is 79.9. The Kier molecular flexibility index (Phi) is 5.51. The second-order valence-corrected chi connectivity index (χ2v) is 7.93. The van der Waals surface area contributed by atoms with Gasteiger partial charge in [-0.15, -0.1) is 4.72 Å². The van der Waals surface area contributed by atoms with Crippen molar-refractivity contribution in [2.75, 3.05) is 0 Å². The molecule has 2 nitrogen and oxygen atoms in total. The van der Waals surface area contributed by atoms with Crippen molar-refractivity contribution in [1.82, 2.24) is 4.72 Å². The van der Waals surface area contributed by atoms with E-state index in [9.17, 15) is 4.55 Å². The van der Waals surface area contributed by atoms with Crippen molar-refractivity contribution in [3.63, 3.8) is 0 Å². The van der Waals surface area contributed by atoms with E-state index in [1.165, 1.54) is 5.56 Å². The summed E-state index contributed by atoms with van der Waals surface area (Å²) < 4.78 is 16.1. The zero-order valence-corrected chi connectivity index (χ0v) is 13.2. The fraction of sp³-hybridized carbons (Fsp3) is 0.538. The first kappa shape index (κ1) is 15.0. The van der Waals surface area contributed by atoms with Gasteiger partial charge in [0.25, 0.3) is 0 Å². The van der Waals surface area contributed by atoms with Crippen molar-refractivity contribution in [2.45, 2.75) is 44.9 Å². The highest BCUT2D eigenvalue weighted by Crippen LogP contribution is 2.24. The molecular weight excluding hydrogens is 298 g/mol. The smallest absolute Gasteiger partial charge is 0.136 e. The van der Waals surface area contributed by atoms with E-state index in [-0.39, 0.29) is 10.8 Å². The molecule has 0 spiro atoms. The van der Waals surface area contributed by atoms with Gasteiger partial charge < -0.3 is 4.55 Å². The molecule has 0 amide bonds. The van der Waals surface area contributed by atoms with Crippen LogP contribution in [0.3, 0.4) is 0 Å². The third-order valence-electron chi connectivity index (χ3n) is 2.46. The normalized spacial score (nSPS) is 15.6. The Morgan fingerprint density at radius 3 is 2.53 bits per heavy atom. The van der Waals surface area contributed by atoms with Crippen molar-refractivity contribution < 1.29 is 4.55 Å². The molecular formula is C13H20BrNOS. The largest absolute Gasteiger partial charge is 0.598 e. The summed E-state index contributed by atoms with van der Waals surface area (Å²) in [5, 5.41) is 0. The summed E-state index contributed by atoms with van der Waals surface area (Å²) >= 11 is 2.42. The Bertz CT molecular complexity index is 365. The van der Waals surface area contributed by atoms with Crippen molar-refractivity contribution in [1.29, 1.82) is 0 Å². The highest BCUT2D eigenvalue weighted by molar-refractivity contribution is 9.10. The first-order valence-electron chi connectivity index (χ1n) is 5.78. The second-order valence-electron chi connectivity index (χ2n) is 5.01. The Morgan fingerprint density at radius 2 is 2.06 bits per heavy atom. The average Bonchev–Trinajstić information content (AvgIpc) is 2.24. The average molecular weight is 318 g/mol. The maximum Gasteiger partial charge on any atom is 0.136 e. The Hall–Kier alpha value is -0.0300. The predicted molar refractivity (Wildman–Crippen MR) is 78.2 cm³/mol. The molecule has 1 rings (SSSR count). The van der Waals surface area contributed by atoms with Gasteiger partial charge in [-0.3, -0.25) is 0 Å². The van der Waals surface area contributed by atoms with Gasteiger partial charge in [0.1, 0.15) is 4.75 Å². The van der Waals surface area contributed by atoms with Crippen LogP contribution in [-0.2, 0) is 11.4 Å². The van der Waals surface area contributed by atoms with Gasteiger partial charge in [-0.25, -0.2) is 0 Å². The molecule has 0 aliphatic heterocycles. The molecule has 17 heavy (non-hydrogen) atoms. The van der Waals surface area contributed by atoms with Crippen LogP contribution in [0.1, 0.15) is 45.7 Å². The predicted octanol–water partition coefficient (Wildman–Crippen LogP) is 3.95. The minimum atomic E-state index is -1.04. The molecule has 0 aliphatic carbocycles. The first-order chi connectivity index (χ1) is 7.84. The topological polar surface area (TPSA) is 35.1 Å². The van der Waals surface area contributed by atoms with Crippen LogP contribution in [0.25, 0.3) is 0 Å².